The second kappa shape index (κ2) is 6.16. The number of methoxy groups -OCH3 is 1. The molecule has 3 unspecified atom stereocenters. The topological polar surface area (TPSA) is 64.3 Å². The average molecular weight is 276 g/mol. The van der Waals surface area contributed by atoms with Crippen LogP contribution >= 0.6 is 0 Å². The van der Waals surface area contributed by atoms with Crippen molar-refractivity contribution in [2.75, 3.05) is 12.8 Å². The lowest BCUT2D eigenvalue weighted by molar-refractivity contribution is 0.0907. The Morgan fingerprint density at radius 1 is 1.30 bits per heavy atom. The van der Waals surface area contributed by atoms with Gasteiger partial charge in [0.05, 0.1) is 12.7 Å². The zero-order valence-corrected chi connectivity index (χ0v) is 12.5. The van der Waals surface area contributed by atoms with Crippen LogP contribution in [0.3, 0.4) is 0 Å². The van der Waals surface area contributed by atoms with Crippen LogP contribution in [0.15, 0.2) is 18.2 Å². The molecule has 4 nitrogen and oxygen atoms in total. The zero-order chi connectivity index (χ0) is 14.7. The average Bonchev–Trinajstić information content (AvgIpc) is 2.43. The number of rotatable bonds is 3. The van der Waals surface area contributed by atoms with Crippen molar-refractivity contribution in [1.82, 2.24) is 5.32 Å². The summed E-state index contributed by atoms with van der Waals surface area (Å²) in [5, 5.41) is 3.11. The fraction of sp³-hybridized carbons (Fsp3) is 0.562. The summed E-state index contributed by atoms with van der Waals surface area (Å²) in [6.45, 7) is 4.54. The lowest BCUT2D eigenvalue weighted by atomic mass is 9.79. The van der Waals surface area contributed by atoms with Gasteiger partial charge in [-0.1, -0.05) is 13.8 Å². The first-order chi connectivity index (χ1) is 9.51. The second-order valence-electron chi connectivity index (χ2n) is 5.90. The Morgan fingerprint density at radius 3 is 2.70 bits per heavy atom. The van der Waals surface area contributed by atoms with Gasteiger partial charge in [0.2, 0.25) is 0 Å². The molecule has 1 aromatic rings. The third-order valence-electron chi connectivity index (χ3n) is 4.40. The van der Waals surface area contributed by atoms with Crippen LogP contribution in [-0.4, -0.2) is 19.1 Å². The van der Waals surface area contributed by atoms with Crippen LogP contribution in [0.25, 0.3) is 0 Å². The van der Waals surface area contributed by atoms with Gasteiger partial charge in [0.25, 0.3) is 5.91 Å². The van der Waals surface area contributed by atoms with Crippen molar-refractivity contribution < 1.29 is 9.53 Å². The number of nitrogen functional groups attached to an aromatic ring is 1. The molecule has 20 heavy (non-hydrogen) atoms. The van der Waals surface area contributed by atoms with E-state index in [4.69, 9.17) is 10.5 Å². The molecule has 0 aliphatic heterocycles. The fourth-order valence-electron chi connectivity index (χ4n) is 2.84. The van der Waals surface area contributed by atoms with Gasteiger partial charge in [-0.15, -0.1) is 0 Å². The monoisotopic (exact) mass is 276 g/mol. The number of hydrogen-bond acceptors (Lipinski definition) is 3. The Morgan fingerprint density at radius 2 is 2.05 bits per heavy atom. The first-order valence-corrected chi connectivity index (χ1v) is 7.25. The van der Waals surface area contributed by atoms with Gasteiger partial charge >= 0.3 is 0 Å². The number of amides is 1. The molecular formula is C16H24N2O2. The van der Waals surface area contributed by atoms with Gasteiger partial charge < -0.3 is 15.8 Å². The van der Waals surface area contributed by atoms with E-state index in [1.165, 1.54) is 6.42 Å². The molecule has 1 saturated carbocycles. The molecule has 0 radical (unpaired) electrons. The molecule has 3 N–H and O–H groups in total. The highest BCUT2D eigenvalue weighted by Gasteiger charge is 2.26. The van der Waals surface area contributed by atoms with E-state index in [0.29, 0.717) is 22.9 Å². The molecule has 1 amide bonds. The number of nitrogens with one attached hydrogen (secondary N) is 1. The standard InChI is InChI=1S/C16H24N2O2/c1-10-4-6-13(8-11(10)2)18-16(19)14-9-12(17)5-7-15(14)20-3/h5,7,9-11,13H,4,6,8,17H2,1-3H3,(H,18,19). The number of ether oxygens (including phenoxy) is 1. The van der Waals surface area contributed by atoms with Crippen molar-refractivity contribution in [1.29, 1.82) is 0 Å². The SMILES string of the molecule is COc1ccc(N)cc1C(=O)NC1CCC(C)C(C)C1. The number of carbonyl (C=O) groups is 1. The number of hydrogen-bond donors (Lipinski definition) is 2. The van der Waals surface area contributed by atoms with Crippen molar-refractivity contribution in [2.24, 2.45) is 11.8 Å². The molecule has 3 atom stereocenters. The minimum Gasteiger partial charge on any atom is -0.496 e. The molecule has 0 aromatic heterocycles. The van der Waals surface area contributed by atoms with Gasteiger partial charge in [0.15, 0.2) is 0 Å². The molecular weight excluding hydrogens is 252 g/mol. The van der Waals surface area contributed by atoms with Gasteiger partial charge in [-0.2, -0.15) is 0 Å². The van der Waals surface area contributed by atoms with Gasteiger partial charge in [0, 0.05) is 11.7 Å². The third kappa shape index (κ3) is 3.24. The summed E-state index contributed by atoms with van der Waals surface area (Å²) >= 11 is 0. The summed E-state index contributed by atoms with van der Waals surface area (Å²) in [5.41, 5.74) is 6.84. The maximum atomic E-state index is 12.4. The van der Waals surface area contributed by atoms with E-state index in [9.17, 15) is 4.79 Å². The van der Waals surface area contributed by atoms with Gasteiger partial charge in [-0.05, 0) is 49.3 Å². The van der Waals surface area contributed by atoms with Crippen LogP contribution < -0.4 is 15.8 Å². The van der Waals surface area contributed by atoms with E-state index in [1.807, 2.05) is 0 Å². The molecule has 2 rings (SSSR count). The molecule has 110 valence electrons. The first kappa shape index (κ1) is 14.7. The van der Waals surface area contributed by atoms with Gasteiger partial charge in [-0.3, -0.25) is 4.79 Å². The summed E-state index contributed by atoms with van der Waals surface area (Å²) in [4.78, 5) is 12.4. The van der Waals surface area contributed by atoms with E-state index in [0.717, 1.165) is 18.8 Å². The first-order valence-electron chi connectivity index (χ1n) is 7.25. The summed E-state index contributed by atoms with van der Waals surface area (Å²) < 4.78 is 5.23. The number of anilines is 1. The maximum absolute atomic E-state index is 12.4. The quantitative estimate of drug-likeness (QED) is 0.834. The van der Waals surface area contributed by atoms with E-state index in [1.54, 1.807) is 25.3 Å². The van der Waals surface area contributed by atoms with E-state index < -0.39 is 0 Å². The maximum Gasteiger partial charge on any atom is 0.255 e. The van der Waals surface area contributed by atoms with Gasteiger partial charge in [-0.25, -0.2) is 0 Å². The summed E-state index contributed by atoms with van der Waals surface area (Å²) in [5.74, 6) is 1.86. The Labute approximate surface area is 120 Å². The highest BCUT2D eigenvalue weighted by atomic mass is 16.5. The van der Waals surface area contributed by atoms with Crippen LogP contribution in [0.1, 0.15) is 43.5 Å². The highest BCUT2D eigenvalue weighted by Crippen LogP contribution is 2.30. The van der Waals surface area contributed by atoms with Crippen LogP contribution in [0.2, 0.25) is 0 Å². The zero-order valence-electron chi connectivity index (χ0n) is 12.5. The Bertz CT molecular complexity index is 487. The summed E-state index contributed by atoms with van der Waals surface area (Å²) in [6, 6.07) is 5.39. The third-order valence-corrected chi connectivity index (χ3v) is 4.40. The molecule has 1 aliphatic carbocycles. The van der Waals surface area contributed by atoms with E-state index in [2.05, 4.69) is 19.2 Å². The van der Waals surface area contributed by atoms with Crippen LogP contribution in [0.5, 0.6) is 5.75 Å². The minimum absolute atomic E-state index is 0.0964. The smallest absolute Gasteiger partial charge is 0.255 e. The predicted molar refractivity (Wildman–Crippen MR) is 80.8 cm³/mol. The molecule has 0 spiro atoms. The lowest BCUT2D eigenvalue weighted by Crippen LogP contribution is -2.40. The molecule has 1 aromatic carbocycles. The van der Waals surface area contributed by atoms with Crippen molar-refractivity contribution in [3.05, 3.63) is 23.8 Å². The highest BCUT2D eigenvalue weighted by molar-refractivity contribution is 5.98. The molecule has 0 saturated heterocycles. The Kier molecular flexibility index (Phi) is 4.53. The lowest BCUT2D eigenvalue weighted by Gasteiger charge is -2.32. The van der Waals surface area contributed by atoms with Crippen LogP contribution in [0, 0.1) is 11.8 Å². The van der Waals surface area contributed by atoms with E-state index >= 15 is 0 Å². The van der Waals surface area contributed by atoms with Gasteiger partial charge in [0.1, 0.15) is 5.75 Å². The van der Waals surface area contributed by atoms with Crippen molar-refractivity contribution in [3.8, 4) is 5.75 Å². The second-order valence-corrected chi connectivity index (χ2v) is 5.90. The van der Waals surface area contributed by atoms with E-state index in [-0.39, 0.29) is 11.9 Å². The van der Waals surface area contributed by atoms with Crippen LogP contribution in [-0.2, 0) is 0 Å². The van der Waals surface area contributed by atoms with Crippen molar-refractivity contribution in [3.63, 3.8) is 0 Å². The predicted octanol–water partition coefficient (Wildman–Crippen LogP) is 2.83. The molecule has 1 fully saturated rings. The summed E-state index contributed by atoms with van der Waals surface area (Å²) in [7, 11) is 1.56. The Balaban J connectivity index is 2.07. The minimum atomic E-state index is -0.0964. The van der Waals surface area contributed by atoms with Crippen LogP contribution in [0.4, 0.5) is 5.69 Å². The number of benzene rings is 1. The number of nitrogens with two attached hydrogens (primary N) is 1. The Hall–Kier alpha value is -1.71. The normalized spacial score (nSPS) is 26.1. The number of carbonyl (C=O) groups excluding carboxylic acids is 1. The largest absolute Gasteiger partial charge is 0.496 e. The molecule has 0 bridgehead atoms. The summed E-state index contributed by atoms with van der Waals surface area (Å²) in [6.07, 6.45) is 3.25. The van der Waals surface area contributed by atoms with Crippen molar-refractivity contribution in [2.45, 2.75) is 39.2 Å². The fourth-order valence-corrected chi connectivity index (χ4v) is 2.84. The molecule has 4 heteroatoms. The molecule has 1 aliphatic rings. The van der Waals surface area contributed by atoms with Crippen molar-refractivity contribution >= 4 is 11.6 Å². The molecule has 0 heterocycles.